The number of nitrogens with one attached hydrogen (secondary N) is 1. The van der Waals surface area contributed by atoms with Crippen molar-refractivity contribution in [1.29, 1.82) is 0 Å². The molecule has 0 aliphatic carbocycles. The van der Waals surface area contributed by atoms with Crippen molar-refractivity contribution in [2.24, 2.45) is 5.92 Å². The summed E-state index contributed by atoms with van der Waals surface area (Å²) >= 11 is 0. The minimum Gasteiger partial charge on any atom is -0.314 e. The lowest BCUT2D eigenvalue weighted by molar-refractivity contribution is 0.504. The highest BCUT2D eigenvalue weighted by molar-refractivity contribution is 7.91. The molecule has 2 unspecified atom stereocenters. The van der Waals surface area contributed by atoms with Crippen LogP contribution in [-0.4, -0.2) is 32.5 Å². The highest BCUT2D eigenvalue weighted by Gasteiger charge is 2.14. The van der Waals surface area contributed by atoms with Gasteiger partial charge in [-0.25, -0.2) is 8.42 Å². The van der Waals surface area contributed by atoms with E-state index >= 15 is 0 Å². The zero-order valence-electron chi connectivity index (χ0n) is 11.8. The van der Waals surface area contributed by atoms with Gasteiger partial charge >= 0.3 is 0 Å². The Kier molecular flexibility index (Phi) is 8.88. The maximum atomic E-state index is 11.8. The number of hydrogen-bond donors (Lipinski definition) is 1. The second-order valence-corrected chi connectivity index (χ2v) is 7.35. The van der Waals surface area contributed by atoms with E-state index in [2.05, 4.69) is 19.2 Å². The van der Waals surface area contributed by atoms with Gasteiger partial charge in [0.15, 0.2) is 9.84 Å². The lowest BCUT2D eigenvalue weighted by atomic mass is 10.2. The Morgan fingerprint density at radius 2 is 1.82 bits per heavy atom. The van der Waals surface area contributed by atoms with Crippen LogP contribution in [0.2, 0.25) is 0 Å². The Bertz CT molecular complexity index is 275. The molecule has 0 radical (unpaired) electrons. The monoisotopic (exact) mass is 263 g/mol. The number of hydrogen-bond acceptors (Lipinski definition) is 3. The SMILES string of the molecule is CCCNC(C)CCCS(=O)(=O)CC(C)CC. The van der Waals surface area contributed by atoms with Gasteiger partial charge in [-0.05, 0) is 38.6 Å². The summed E-state index contributed by atoms with van der Waals surface area (Å²) in [6.07, 6.45) is 3.78. The fourth-order valence-electron chi connectivity index (χ4n) is 1.74. The predicted octanol–water partition coefficient (Wildman–Crippen LogP) is 2.62. The quantitative estimate of drug-likeness (QED) is 0.659. The first kappa shape index (κ1) is 16.9. The van der Waals surface area contributed by atoms with Gasteiger partial charge in [0, 0.05) is 6.04 Å². The van der Waals surface area contributed by atoms with Gasteiger partial charge in [0.2, 0.25) is 0 Å². The van der Waals surface area contributed by atoms with Gasteiger partial charge in [-0.3, -0.25) is 0 Å². The van der Waals surface area contributed by atoms with Crippen LogP contribution in [0, 0.1) is 5.92 Å². The molecule has 0 spiro atoms. The Morgan fingerprint density at radius 1 is 1.18 bits per heavy atom. The zero-order valence-corrected chi connectivity index (χ0v) is 12.6. The molecule has 0 heterocycles. The van der Waals surface area contributed by atoms with E-state index in [1.54, 1.807) is 0 Å². The Labute approximate surface area is 107 Å². The largest absolute Gasteiger partial charge is 0.314 e. The van der Waals surface area contributed by atoms with Crippen molar-refractivity contribution in [3.05, 3.63) is 0 Å². The predicted molar refractivity (Wildman–Crippen MR) is 75.1 cm³/mol. The van der Waals surface area contributed by atoms with Crippen LogP contribution in [0.3, 0.4) is 0 Å². The third-order valence-electron chi connectivity index (χ3n) is 3.07. The summed E-state index contributed by atoms with van der Waals surface area (Å²) in [5.74, 6) is 0.978. The molecule has 0 aromatic rings. The molecule has 0 fully saturated rings. The van der Waals surface area contributed by atoms with Crippen LogP contribution in [0.5, 0.6) is 0 Å². The van der Waals surface area contributed by atoms with Crippen molar-refractivity contribution in [3.63, 3.8) is 0 Å². The molecule has 0 rings (SSSR count). The van der Waals surface area contributed by atoms with Crippen LogP contribution >= 0.6 is 0 Å². The van der Waals surface area contributed by atoms with Gasteiger partial charge in [0.25, 0.3) is 0 Å². The molecule has 0 saturated heterocycles. The van der Waals surface area contributed by atoms with E-state index < -0.39 is 9.84 Å². The number of sulfone groups is 1. The van der Waals surface area contributed by atoms with Crippen LogP contribution in [-0.2, 0) is 9.84 Å². The van der Waals surface area contributed by atoms with Crippen molar-refractivity contribution in [2.75, 3.05) is 18.1 Å². The third kappa shape index (κ3) is 9.60. The zero-order chi connectivity index (χ0) is 13.3. The van der Waals surface area contributed by atoms with Gasteiger partial charge in [-0.1, -0.05) is 27.2 Å². The fourth-order valence-corrected chi connectivity index (χ4v) is 3.61. The summed E-state index contributed by atoms with van der Waals surface area (Å²) < 4.78 is 23.5. The Hall–Kier alpha value is -0.0900. The van der Waals surface area contributed by atoms with Crippen molar-refractivity contribution in [1.82, 2.24) is 5.32 Å². The molecule has 4 heteroatoms. The lowest BCUT2D eigenvalue weighted by Crippen LogP contribution is -2.27. The topological polar surface area (TPSA) is 46.2 Å². The Balaban J connectivity index is 3.79. The van der Waals surface area contributed by atoms with Crippen molar-refractivity contribution >= 4 is 9.84 Å². The van der Waals surface area contributed by atoms with Gasteiger partial charge in [-0.15, -0.1) is 0 Å². The molecule has 0 aliphatic rings. The first-order chi connectivity index (χ1) is 7.91. The van der Waals surface area contributed by atoms with E-state index in [9.17, 15) is 8.42 Å². The second kappa shape index (κ2) is 8.92. The highest BCUT2D eigenvalue weighted by Crippen LogP contribution is 2.08. The summed E-state index contributed by atoms with van der Waals surface area (Å²) in [6, 6.07) is 0.425. The average molecular weight is 263 g/mol. The van der Waals surface area contributed by atoms with E-state index in [0.717, 1.165) is 32.2 Å². The molecule has 0 amide bonds. The third-order valence-corrected chi connectivity index (χ3v) is 5.06. The van der Waals surface area contributed by atoms with E-state index in [0.29, 0.717) is 17.5 Å². The van der Waals surface area contributed by atoms with Crippen LogP contribution in [0.4, 0.5) is 0 Å². The van der Waals surface area contributed by atoms with Gasteiger partial charge < -0.3 is 5.32 Å². The van der Waals surface area contributed by atoms with Crippen LogP contribution in [0.1, 0.15) is 53.4 Å². The van der Waals surface area contributed by atoms with Crippen LogP contribution < -0.4 is 5.32 Å². The molecule has 0 aromatic carbocycles. The molecule has 104 valence electrons. The summed E-state index contributed by atoms with van der Waals surface area (Å²) in [4.78, 5) is 0. The van der Waals surface area contributed by atoms with Crippen molar-refractivity contribution < 1.29 is 8.42 Å². The van der Waals surface area contributed by atoms with Crippen molar-refractivity contribution in [3.8, 4) is 0 Å². The standard InChI is InChI=1S/C13H29NO2S/c1-5-9-14-13(4)8-7-10-17(15,16)11-12(3)6-2/h12-14H,5-11H2,1-4H3. The molecule has 0 aliphatic heterocycles. The van der Waals surface area contributed by atoms with Gasteiger partial charge in [-0.2, -0.15) is 0 Å². The van der Waals surface area contributed by atoms with Crippen molar-refractivity contribution in [2.45, 2.75) is 59.4 Å². The maximum absolute atomic E-state index is 11.8. The summed E-state index contributed by atoms with van der Waals surface area (Å²) in [5.41, 5.74) is 0. The first-order valence-corrected chi connectivity index (χ1v) is 8.67. The van der Waals surface area contributed by atoms with Gasteiger partial charge in [0.1, 0.15) is 0 Å². The molecule has 17 heavy (non-hydrogen) atoms. The maximum Gasteiger partial charge on any atom is 0.150 e. The molecule has 1 N–H and O–H groups in total. The lowest BCUT2D eigenvalue weighted by Gasteiger charge is -2.13. The molecule has 3 nitrogen and oxygen atoms in total. The highest BCUT2D eigenvalue weighted by atomic mass is 32.2. The molecular weight excluding hydrogens is 234 g/mol. The van der Waals surface area contributed by atoms with Crippen LogP contribution in [0.15, 0.2) is 0 Å². The summed E-state index contributed by atoms with van der Waals surface area (Å²) in [5, 5.41) is 3.38. The van der Waals surface area contributed by atoms with E-state index in [1.807, 2.05) is 13.8 Å². The molecule has 2 atom stereocenters. The van der Waals surface area contributed by atoms with Gasteiger partial charge in [0.05, 0.1) is 11.5 Å². The molecule has 0 saturated carbocycles. The summed E-state index contributed by atoms with van der Waals surface area (Å²) in [7, 11) is -2.84. The Morgan fingerprint density at radius 3 is 2.35 bits per heavy atom. The minimum atomic E-state index is -2.84. The van der Waals surface area contributed by atoms with Crippen LogP contribution in [0.25, 0.3) is 0 Å². The van der Waals surface area contributed by atoms with E-state index in [-0.39, 0.29) is 5.92 Å². The number of rotatable bonds is 10. The molecule has 0 aromatic heterocycles. The molecule has 0 bridgehead atoms. The summed E-state index contributed by atoms with van der Waals surface area (Å²) in [6.45, 7) is 9.31. The normalized spacial score (nSPS) is 15.8. The average Bonchev–Trinajstić information content (AvgIpc) is 2.25. The fraction of sp³-hybridized carbons (Fsp3) is 1.00. The van der Waals surface area contributed by atoms with E-state index in [1.165, 1.54) is 0 Å². The smallest absolute Gasteiger partial charge is 0.150 e. The first-order valence-electron chi connectivity index (χ1n) is 6.85. The minimum absolute atomic E-state index is 0.288. The second-order valence-electron chi connectivity index (χ2n) is 5.13. The molecular formula is C13H29NO2S. The van der Waals surface area contributed by atoms with E-state index in [4.69, 9.17) is 0 Å².